The molecule has 0 aromatic carbocycles. The van der Waals surface area contributed by atoms with Crippen LogP contribution in [0.3, 0.4) is 0 Å². The van der Waals surface area contributed by atoms with Gasteiger partial charge in [-0.3, -0.25) is 0 Å². The van der Waals surface area contributed by atoms with E-state index in [-0.39, 0.29) is 12.1 Å². The standard InChI is InChI=1S/C18H24N6O/c25-18(24-10-2-1-3-15(24)17-19-8-9-20-17)21-7-6-13-11-22-16(23-12-13)14-4-5-14/h8-9,11-12,14-15H,1-7,10H2,(H,19,20)(H,21,25)/t15-/m1/s1. The molecular formula is C18H24N6O. The molecule has 1 atom stereocenters. The molecule has 2 N–H and O–H groups in total. The molecule has 7 nitrogen and oxygen atoms in total. The minimum Gasteiger partial charge on any atom is -0.347 e. The third-order valence-electron chi connectivity index (χ3n) is 4.96. The minimum absolute atomic E-state index is 0.0170. The molecule has 25 heavy (non-hydrogen) atoms. The lowest BCUT2D eigenvalue weighted by Gasteiger charge is -2.34. The maximum atomic E-state index is 12.6. The molecule has 1 aliphatic carbocycles. The van der Waals surface area contributed by atoms with E-state index in [1.54, 1.807) is 6.20 Å². The highest BCUT2D eigenvalue weighted by Crippen LogP contribution is 2.37. The normalized spacial score (nSPS) is 20.5. The molecule has 0 radical (unpaired) electrons. The van der Waals surface area contributed by atoms with Crippen LogP contribution in [0.4, 0.5) is 4.79 Å². The molecule has 0 unspecified atom stereocenters. The summed E-state index contributed by atoms with van der Waals surface area (Å²) in [4.78, 5) is 30.8. The minimum atomic E-state index is -0.0170. The fraction of sp³-hybridized carbons (Fsp3) is 0.556. The summed E-state index contributed by atoms with van der Waals surface area (Å²) in [5, 5.41) is 3.03. The van der Waals surface area contributed by atoms with Crippen LogP contribution in [0, 0.1) is 0 Å². The quantitative estimate of drug-likeness (QED) is 0.876. The van der Waals surface area contributed by atoms with Crippen LogP contribution in [-0.2, 0) is 6.42 Å². The molecule has 1 aliphatic heterocycles. The van der Waals surface area contributed by atoms with Crippen molar-refractivity contribution in [2.24, 2.45) is 0 Å². The molecule has 2 aliphatic rings. The first-order valence-corrected chi connectivity index (χ1v) is 9.16. The van der Waals surface area contributed by atoms with Crippen molar-refractivity contribution in [3.8, 4) is 0 Å². The largest absolute Gasteiger partial charge is 0.347 e. The van der Waals surface area contributed by atoms with E-state index < -0.39 is 0 Å². The van der Waals surface area contributed by atoms with Crippen molar-refractivity contribution in [3.05, 3.63) is 42.0 Å². The van der Waals surface area contributed by atoms with Gasteiger partial charge < -0.3 is 15.2 Å². The summed E-state index contributed by atoms with van der Waals surface area (Å²) in [7, 11) is 0. The van der Waals surface area contributed by atoms with E-state index >= 15 is 0 Å². The maximum Gasteiger partial charge on any atom is 0.318 e. The van der Waals surface area contributed by atoms with Crippen LogP contribution in [-0.4, -0.2) is 44.0 Å². The number of piperidine rings is 1. The summed E-state index contributed by atoms with van der Waals surface area (Å²) in [5.74, 6) is 2.41. The number of hydrogen-bond acceptors (Lipinski definition) is 4. The van der Waals surface area contributed by atoms with Gasteiger partial charge in [-0.2, -0.15) is 0 Å². The number of carbonyl (C=O) groups excluding carboxylic acids is 1. The van der Waals surface area contributed by atoms with Gasteiger partial charge in [0, 0.05) is 43.8 Å². The molecule has 2 amide bonds. The van der Waals surface area contributed by atoms with Crippen LogP contribution in [0.15, 0.2) is 24.8 Å². The predicted octanol–water partition coefficient (Wildman–Crippen LogP) is 2.56. The fourth-order valence-corrected chi connectivity index (χ4v) is 3.38. The number of carbonyl (C=O) groups is 1. The number of nitrogens with zero attached hydrogens (tertiary/aromatic N) is 4. The average molecular weight is 340 g/mol. The first-order valence-electron chi connectivity index (χ1n) is 9.16. The number of amides is 2. The number of rotatable bonds is 5. The summed E-state index contributed by atoms with van der Waals surface area (Å²) < 4.78 is 0. The highest BCUT2D eigenvalue weighted by Gasteiger charge is 2.29. The lowest BCUT2D eigenvalue weighted by Crippen LogP contribution is -2.45. The number of urea groups is 1. The second kappa shape index (κ2) is 7.21. The van der Waals surface area contributed by atoms with Crippen molar-refractivity contribution in [3.63, 3.8) is 0 Å². The van der Waals surface area contributed by atoms with E-state index in [2.05, 4.69) is 25.3 Å². The Morgan fingerprint density at radius 3 is 2.76 bits per heavy atom. The molecule has 7 heteroatoms. The lowest BCUT2D eigenvalue weighted by atomic mass is 10.0. The van der Waals surface area contributed by atoms with Crippen LogP contribution in [0.5, 0.6) is 0 Å². The molecule has 2 aromatic rings. The van der Waals surface area contributed by atoms with Crippen molar-refractivity contribution in [1.82, 2.24) is 30.2 Å². The number of likely N-dealkylation sites (tertiary alicyclic amines) is 1. The van der Waals surface area contributed by atoms with E-state index in [0.29, 0.717) is 12.5 Å². The first-order chi connectivity index (χ1) is 12.3. The smallest absolute Gasteiger partial charge is 0.318 e. The summed E-state index contributed by atoms with van der Waals surface area (Å²) in [5.41, 5.74) is 1.06. The van der Waals surface area contributed by atoms with Gasteiger partial charge in [-0.15, -0.1) is 0 Å². The van der Waals surface area contributed by atoms with Gasteiger partial charge in [-0.25, -0.2) is 19.7 Å². The Hall–Kier alpha value is -2.44. The number of imidazole rings is 1. The van der Waals surface area contributed by atoms with E-state index in [1.807, 2.05) is 23.5 Å². The van der Waals surface area contributed by atoms with Gasteiger partial charge in [0.05, 0.1) is 6.04 Å². The van der Waals surface area contributed by atoms with Gasteiger partial charge in [0.2, 0.25) is 0 Å². The molecular weight excluding hydrogens is 316 g/mol. The Labute approximate surface area is 147 Å². The molecule has 2 aromatic heterocycles. The molecule has 0 bridgehead atoms. The van der Waals surface area contributed by atoms with Crippen LogP contribution in [0.2, 0.25) is 0 Å². The molecule has 2 fully saturated rings. The number of H-pyrrole nitrogens is 1. The number of aromatic amines is 1. The van der Waals surface area contributed by atoms with Crippen molar-refractivity contribution < 1.29 is 4.79 Å². The third-order valence-corrected chi connectivity index (χ3v) is 4.96. The van der Waals surface area contributed by atoms with Gasteiger partial charge in [-0.05, 0) is 44.1 Å². The molecule has 0 spiro atoms. The van der Waals surface area contributed by atoms with E-state index in [4.69, 9.17) is 0 Å². The van der Waals surface area contributed by atoms with Crippen LogP contribution in [0.25, 0.3) is 0 Å². The van der Waals surface area contributed by atoms with Crippen LogP contribution < -0.4 is 5.32 Å². The molecule has 1 saturated carbocycles. The fourth-order valence-electron chi connectivity index (χ4n) is 3.38. The van der Waals surface area contributed by atoms with Crippen LogP contribution in [0.1, 0.15) is 61.3 Å². The highest BCUT2D eigenvalue weighted by molar-refractivity contribution is 5.74. The Morgan fingerprint density at radius 2 is 2.04 bits per heavy atom. The maximum absolute atomic E-state index is 12.6. The highest BCUT2D eigenvalue weighted by atomic mass is 16.2. The monoisotopic (exact) mass is 340 g/mol. The number of aromatic nitrogens is 4. The topological polar surface area (TPSA) is 86.8 Å². The van der Waals surface area contributed by atoms with Gasteiger partial charge in [0.25, 0.3) is 0 Å². The van der Waals surface area contributed by atoms with Gasteiger partial charge in [0.1, 0.15) is 11.6 Å². The predicted molar refractivity (Wildman–Crippen MR) is 93.0 cm³/mol. The Balaban J connectivity index is 1.30. The Kier molecular flexibility index (Phi) is 4.63. The number of nitrogens with one attached hydrogen (secondary N) is 2. The van der Waals surface area contributed by atoms with Gasteiger partial charge in [-0.1, -0.05) is 0 Å². The SMILES string of the molecule is O=C(NCCc1cnc(C2CC2)nc1)N1CCCC[C@@H]1c1ncc[nH]1. The van der Waals surface area contributed by atoms with Crippen molar-refractivity contribution in [2.45, 2.75) is 50.5 Å². The molecule has 132 valence electrons. The van der Waals surface area contributed by atoms with Crippen molar-refractivity contribution >= 4 is 6.03 Å². The zero-order chi connectivity index (χ0) is 17.1. The summed E-state index contributed by atoms with van der Waals surface area (Å²) in [6.07, 6.45) is 13.6. The first kappa shape index (κ1) is 16.1. The third kappa shape index (κ3) is 3.81. The Bertz CT molecular complexity index is 695. The van der Waals surface area contributed by atoms with Gasteiger partial charge >= 0.3 is 6.03 Å². The average Bonchev–Trinajstić information content (AvgIpc) is 3.36. The molecule has 3 heterocycles. The molecule has 1 saturated heterocycles. The lowest BCUT2D eigenvalue weighted by molar-refractivity contribution is 0.148. The Morgan fingerprint density at radius 1 is 1.20 bits per heavy atom. The van der Waals surface area contributed by atoms with Gasteiger partial charge in [0.15, 0.2) is 0 Å². The second-order valence-corrected chi connectivity index (χ2v) is 6.89. The zero-order valence-electron chi connectivity index (χ0n) is 14.3. The van der Waals surface area contributed by atoms with E-state index in [9.17, 15) is 4.79 Å². The van der Waals surface area contributed by atoms with Crippen LogP contribution >= 0.6 is 0 Å². The van der Waals surface area contributed by atoms with Crippen molar-refractivity contribution in [1.29, 1.82) is 0 Å². The second-order valence-electron chi connectivity index (χ2n) is 6.89. The zero-order valence-corrected chi connectivity index (χ0v) is 14.3. The van der Waals surface area contributed by atoms with E-state index in [1.165, 1.54) is 12.8 Å². The number of hydrogen-bond donors (Lipinski definition) is 2. The summed E-state index contributed by atoms with van der Waals surface area (Å²) in [6, 6.07) is 0.0292. The van der Waals surface area contributed by atoms with E-state index in [0.717, 1.165) is 49.4 Å². The summed E-state index contributed by atoms with van der Waals surface area (Å²) in [6.45, 7) is 1.36. The van der Waals surface area contributed by atoms with Crippen molar-refractivity contribution in [2.75, 3.05) is 13.1 Å². The molecule has 4 rings (SSSR count). The summed E-state index contributed by atoms with van der Waals surface area (Å²) >= 11 is 0.